The molecule has 0 unspecified atom stereocenters. The number of aldehydes is 1. The molecule has 1 rings (SSSR count). The molecule has 0 saturated heterocycles. The van der Waals surface area contributed by atoms with Crippen LogP contribution in [0.5, 0.6) is 0 Å². The van der Waals surface area contributed by atoms with Gasteiger partial charge >= 0.3 is 0 Å². The maximum Gasteiger partial charge on any atom is 0.151 e. The highest BCUT2D eigenvalue weighted by Gasteiger charge is 1.90. The maximum absolute atomic E-state index is 10.3. The zero-order valence-corrected chi connectivity index (χ0v) is 8.08. The van der Waals surface area contributed by atoms with E-state index in [0.29, 0.717) is 18.5 Å². The minimum absolute atomic E-state index is 0.444. The Hall–Kier alpha value is -2.13. The summed E-state index contributed by atoms with van der Waals surface area (Å²) in [5.41, 5.74) is 9.37. The van der Waals surface area contributed by atoms with Crippen molar-refractivity contribution in [1.82, 2.24) is 4.98 Å². The lowest BCUT2D eigenvalue weighted by Gasteiger charge is -1.92. The van der Waals surface area contributed by atoms with E-state index >= 15 is 0 Å². The number of nitrogens with zero attached hydrogens (tertiary/aromatic N) is 4. The fraction of sp³-hybridized carbons (Fsp3) is 0.200. The van der Waals surface area contributed by atoms with E-state index < -0.39 is 0 Å². The third-order valence-corrected chi connectivity index (χ3v) is 1.69. The summed E-state index contributed by atoms with van der Waals surface area (Å²) in [5.74, 6) is 0. The van der Waals surface area contributed by atoms with Crippen LogP contribution in [-0.2, 0) is 0 Å². The van der Waals surface area contributed by atoms with E-state index in [9.17, 15) is 4.79 Å². The number of aromatic nitrogens is 1. The van der Waals surface area contributed by atoms with Crippen LogP contribution in [0.1, 0.15) is 22.5 Å². The first-order valence-corrected chi connectivity index (χ1v) is 4.45. The third-order valence-electron chi connectivity index (χ3n) is 1.69. The van der Waals surface area contributed by atoms with Gasteiger partial charge in [-0.25, -0.2) is 0 Å². The van der Waals surface area contributed by atoms with Gasteiger partial charge in [0.25, 0.3) is 0 Å². The number of rotatable bonds is 5. The van der Waals surface area contributed by atoms with Crippen molar-refractivity contribution in [1.29, 1.82) is 0 Å². The Morgan fingerprint density at radius 1 is 1.53 bits per heavy atom. The molecule has 1 aromatic rings. The first-order chi connectivity index (χ1) is 7.36. The van der Waals surface area contributed by atoms with Gasteiger partial charge < -0.3 is 0 Å². The highest BCUT2D eigenvalue weighted by atomic mass is 16.1. The number of pyridine rings is 1. The molecule has 0 aliphatic heterocycles. The topological polar surface area (TPSA) is 78.7 Å². The molecule has 0 aliphatic carbocycles. The van der Waals surface area contributed by atoms with Crippen LogP contribution in [0.2, 0.25) is 0 Å². The highest BCUT2D eigenvalue weighted by Crippen LogP contribution is 2.00. The van der Waals surface area contributed by atoms with E-state index in [4.69, 9.17) is 5.53 Å². The minimum Gasteiger partial charge on any atom is -0.298 e. The molecule has 0 atom stereocenters. The Kier molecular flexibility index (Phi) is 4.63. The predicted molar refractivity (Wildman–Crippen MR) is 57.3 cm³/mol. The zero-order valence-electron chi connectivity index (χ0n) is 8.08. The van der Waals surface area contributed by atoms with E-state index in [0.717, 1.165) is 12.0 Å². The van der Waals surface area contributed by atoms with E-state index in [1.54, 1.807) is 12.1 Å². The van der Waals surface area contributed by atoms with Gasteiger partial charge in [-0.3, -0.25) is 9.78 Å². The molecule has 0 aliphatic rings. The molecule has 1 aromatic heterocycles. The minimum atomic E-state index is 0.444. The van der Waals surface area contributed by atoms with Crippen LogP contribution in [0.15, 0.2) is 29.5 Å². The fourth-order valence-corrected chi connectivity index (χ4v) is 0.966. The second-order valence-corrected chi connectivity index (χ2v) is 2.78. The standard InChI is InChI=1S/C10H10N4O/c11-14-13-6-2-1-3-10-5-4-9(8-15)7-12-10/h1,3-5,7-8H,2,6H2. The lowest BCUT2D eigenvalue weighted by molar-refractivity contribution is 0.112. The SMILES string of the molecule is [N-]=[N+]=NCCC=Cc1ccc(C=O)cn1. The lowest BCUT2D eigenvalue weighted by atomic mass is 10.2. The molecule has 5 nitrogen and oxygen atoms in total. The van der Waals surface area contributed by atoms with Gasteiger partial charge in [0.1, 0.15) is 0 Å². The predicted octanol–water partition coefficient (Wildman–Crippen LogP) is 2.61. The van der Waals surface area contributed by atoms with Gasteiger partial charge in [-0.2, -0.15) is 0 Å². The summed E-state index contributed by atoms with van der Waals surface area (Å²) in [7, 11) is 0. The van der Waals surface area contributed by atoms with Crippen molar-refractivity contribution < 1.29 is 4.79 Å². The van der Waals surface area contributed by atoms with Crippen molar-refractivity contribution >= 4 is 12.4 Å². The second-order valence-electron chi connectivity index (χ2n) is 2.78. The Bertz CT molecular complexity index is 390. The monoisotopic (exact) mass is 202 g/mol. The van der Waals surface area contributed by atoms with Crippen LogP contribution in [0.25, 0.3) is 16.5 Å². The zero-order chi connectivity index (χ0) is 10.9. The Balaban J connectivity index is 2.49. The van der Waals surface area contributed by atoms with Crippen LogP contribution in [0.3, 0.4) is 0 Å². The third kappa shape index (κ3) is 4.06. The van der Waals surface area contributed by atoms with Gasteiger partial charge in [0, 0.05) is 23.2 Å². The first-order valence-electron chi connectivity index (χ1n) is 4.45. The molecule has 0 aromatic carbocycles. The van der Waals surface area contributed by atoms with Crippen molar-refractivity contribution in [3.63, 3.8) is 0 Å². The van der Waals surface area contributed by atoms with Crippen molar-refractivity contribution in [3.05, 3.63) is 46.1 Å². The number of carbonyl (C=O) groups is 1. The molecule has 0 spiro atoms. The van der Waals surface area contributed by atoms with E-state index in [-0.39, 0.29) is 0 Å². The molecule has 15 heavy (non-hydrogen) atoms. The molecular formula is C10H10N4O. The summed E-state index contributed by atoms with van der Waals surface area (Å²) >= 11 is 0. The largest absolute Gasteiger partial charge is 0.298 e. The molecule has 0 saturated carbocycles. The average molecular weight is 202 g/mol. The molecule has 1 heterocycles. The van der Waals surface area contributed by atoms with E-state index in [2.05, 4.69) is 15.0 Å². The van der Waals surface area contributed by atoms with E-state index in [1.807, 2.05) is 12.2 Å². The summed E-state index contributed by atoms with van der Waals surface area (Å²) in [5, 5.41) is 3.39. The van der Waals surface area contributed by atoms with Crippen LogP contribution >= 0.6 is 0 Å². The van der Waals surface area contributed by atoms with Crippen LogP contribution in [-0.4, -0.2) is 17.8 Å². The van der Waals surface area contributed by atoms with Gasteiger partial charge in [-0.15, -0.1) is 0 Å². The van der Waals surface area contributed by atoms with Gasteiger partial charge in [-0.05, 0) is 30.2 Å². The Labute approximate surface area is 87.1 Å². The number of hydrogen-bond acceptors (Lipinski definition) is 3. The first kappa shape index (κ1) is 10.9. The smallest absolute Gasteiger partial charge is 0.151 e. The van der Waals surface area contributed by atoms with E-state index in [1.165, 1.54) is 6.20 Å². The maximum atomic E-state index is 10.3. The number of azide groups is 1. The number of hydrogen-bond donors (Lipinski definition) is 0. The normalized spacial score (nSPS) is 9.87. The van der Waals surface area contributed by atoms with Crippen molar-refractivity contribution in [2.75, 3.05) is 6.54 Å². The Morgan fingerprint density at radius 2 is 2.40 bits per heavy atom. The van der Waals surface area contributed by atoms with Crippen molar-refractivity contribution in [2.24, 2.45) is 5.11 Å². The average Bonchev–Trinajstić information content (AvgIpc) is 2.30. The second kappa shape index (κ2) is 6.34. The fourth-order valence-electron chi connectivity index (χ4n) is 0.966. The van der Waals surface area contributed by atoms with Crippen LogP contribution in [0.4, 0.5) is 0 Å². The summed E-state index contributed by atoms with van der Waals surface area (Å²) in [6, 6.07) is 3.46. The summed E-state index contributed by atoms with van der Waals surface area (Å²) in [4.78, 5) is 17.0. The molecule has 76 valence electrons. The molecular weight excluding hydrogens is 192 g/mol. The molecule has 0 N–H and O–H groups in total. The summed E-state index contributed by atoms with van der Waals surface area (Å²) < 4.78 is 0. The van der Waals surface area contributed by atoms with Gasteiger partial charge in [0.15, 0.2) is 6.29 Å². The molecule has 0 fully saturated rings. The van der Waals surface area contributed by atoms with Crippen LogP contribution in [0, 0.1) is 0 Å². The molecule has 0 bridgehead atoms. The van der Waals surface area contributed by atoms with Gasteiger partial charge in [-0.1, -0.05) is 11.2 Å². The quantitative estimate of drug-likeness (QED) is 0.242. The van der Waals surface area contributed by atoms with Gasteiger partial charge in [0.05, 0.1) is 5.69 Å². The molecule has 0 amide bonds. The summed E-state index contributed by atoms with van der Waals surface area (Å²) in [6.45, 7) is 0.444. The summed E-state index contributed by atoms with van der Waals surface area (Å²) in [6.07, 6.45) is 6.64. The lowest BCUT2D eigenvalue weighted by Crippen LogP contribution is -1.84. The highest BCUT2D eigenvalue weighted by molar-refractivity contribution is 5.74. The number of carbonyl (C=O) groups excluding carboxylic acids is 1. The van der Waals surface area contributed by atoms with Gasteiger partial charge in [0.2, 0.25) is 0 Å². The Morgan fingerprint density at radius 3 is 3.00 bits per heavy atom. The van der Waals surface area contributed by atoms with Crippen molar-refractivity contribution in [2.45, 2.75) is 6.42 Å². The van der Waals surface area contributed by atoms with Crippen molar-refractivity contribution in [3.8, 4) is 0 Å². The van der Waals surface area contributed by atoms with Crippen LogP contribution < -0.4 is 0 Å². The molecule has 0 radical (unpaired) electrons. The molecule has 5 heteroatoms.